The molecular formula is C9H13N3O. The Bertz CT molecular complexity index is 316. The van der Waals surface area contributed by atoms with Gasteiger partial charge in [-0.25, -0.2) is 0 Å². The molecule has 13 heavy (non-hydrogen) atoms. The zero-order valence-electron chi connectivity index (χ0n) is 8.16. The van der Waals surface area contributed by atoms with Gasteiger partial charge in [-0.3, -0.25) is 0 Å². The third-order valence-electron chi connectivity index (χ3n) is 1.43. The van der Waals surface area contributed by atoms with Crippen LogP contribution in [0, 0.1) is 16.7 Å². The number of hydrogen-bond donors (Lipinski definition) is 0. The van der Waals surface area contributed by atoms with E-state index in [0.29, 0.717) is 11.7 Å². The van der Waals surface area contributed by atoms with E-state index in [4.69, 9.17) is 9.78 Å². The van der Waals surface area contributed by atoms with Crippen LogP contribution in [0.15, 0.2) is 4.52 Å². The average Bonchev–Trinajstić information content (AvgIpc) is 2.33. The van der Waals surface area contributed by atoms with E-state index in [-0.39, 0.29) is 11.8 Å². The number of rotatable bonds is 2. The third kappa shape index (κ3) is 3.24. The molecule has 0 aliphatic heterocycles. The van der Waals surface area contributed by atoms with Crippen molar-refractivity contribution in [1.29, 1.82) is 5.26 Å². The smallest absolute Gasteiger partial charge is 0.227 e. The van der Waals surface area contributed by atoms with Gasteiger partial charge < -0.3 is 4.52 Å². The number of hydrogen-bond acceptors (Lipinski definition) is 4. The van der Waals surface area contributed by atoms with Crippen molar-refractivity contribution in [3.63, 3.8) is 0 Å². The fourth-order valence-electron chi connectivity index (χ4n) is 0.958. The lowest BCUT2D eigenvalue weighted by Crippen LogP contribution is -2.09. The Hall–Kier alpha value is -1.37. The second-order valence-electron chi connectivity index (χ2n) is 4.18. The Morgan fingerprint density at radius 3 is 2.69 bits per heavy atom. The number of nitriles is 1. The highest BCUT2D eigenvalue weighted by molar-refractivity contribution is 4.95. The molecule has 1 aromatic heterocycles. The van der Waals surface area contributed by atoms with E-state index in [9.17, 15) is 0 Å². The van der Waals surface area contributed by atoms with Gasteiger partial charge in [0, 0.05) is 6.42 Å². The van der Waals surface area contributed by atoms with Gasteiger partial charge in [0.1, 0.15) is 0 Å². The highest BCUT2D eigenvalue weighted by Crippen LogP contribution is 2.19. The average molecular weight is 179 g/mol. The molecule has 0 fully saturated rings. The summed E-state index contributed by atoms with van der Waals surface area (Å²) < 4.78 is 4.98. The molecule has 0 unspecified atom stereocenters. The topological polar surface area (TPSA) is 62.7 Å². The minimum Gasteiger partial charge on any atom is -0.339 e. The van der Waals surface area contributed by atoms with E-state index in [1.165, 1.54) is 0 Å². The molecule has 0 atom stereocenters. The molecule has 0 N–H and O–H groups in total. The summed E-state index contributed by atoms with van der Waals surface area (Å²) in [4.78, 5) is 4.09. The lowest BCUT2D eigenvalue weighted by molar-refractivity contribution is 0.312. The maximum Gasteiger partial charge on any atom is 0.227 e. The lowest BCUT2D eigenvalue weighted by Gasteiger charge is -2.13. The van der Waals surface area contributed by atoms with E-state index in [1.807, 2.05) is 6.07 Å². The number of nitrogens with zero attached hydrogens (tertiary/aromatic N) is 3. The SMILES string of the molecule is CC(C)(C)Cc1nc(CC#N)no1. The van der Waals surface area contributed by atoms with Gasteiger partial charge in [-0.1, -0.05) is 25.9 Å². The Morgan fingerprint density at radius 2 is 2.15 bits per heavy atom. The van der Waals surface area contributed by atoms with Crippen molar-refractivity contribution in [1.82, 2.24) is 10.1 Å². The fourth-order valence-corrected chi connectivity index (χ4v) is 0.958. The predicted molar refractivity (Wildman–Crippen MR) is 46.8 cm³/mol. The van der Waals surface area contributed by atoms with Crippen LogP contribution in [0.3, 0.4) is 0 Å². The van der Waals surface area contributed by atoms with E-state index in [0.717, 1.165) is 6.42 Å². The summed E-state index contributed by atoms with van der Waals surface area (Å²) in [5.41, 5.74) is 0.135. The second kappa shape index (κ2) is 3.56. The number of aromatic nitrogens is 2. The Labute approximate surface area is 77.6 Å². The summed E-state index contributed by atoms with van der Waals surface area (Å²) in [6.45, 7) is 6.30. The monoisotopic (exact) mass is 179 g/mol. The van der Waals surface area contributed by atoms with Crippen LogP contribution >= 0.6 is 0 Å². The van der Waals surface area contributed by atoms with Gasteiger partial charge in [-0.15, -0.1) is 0 Å². The second-order valence-corrected chi connectivity index (χ2v) is 4.18. The van der Waals surface area contributed by atoms with Crippen LogP contribution in [-0.4, -0.2) is 10.1 Å². The van der Waals surface area contributed by atoms with Crippen molar-refractivity contribution in [3.05, 3.63) is 11.7 Å². The lowest BCUT2D eigenvalue weighted by atomic mass is 9.92. The molecule has 0 spiro atoms. The Kier molecular flexibility index (Phi) is 2.66. The van der Waals surface area contributed by atoms with Gasteiger partial charge in [0.2, 0.25) is 5.89 Å². The molecular weight excluding hydrogens is 166 g/mol. The highest BCUT2D eigenvalue weighted by atomic mass is 16.5. The van der Waals surface area contributed by atoms with Gasteiger partial charge in [0.25, 0.3) is 0 Å². The summed E-state index contributed by atoms with van der Waals surface area (Å²) in [5.74, 6) is 1.08. The summed E-state index contributed by atoms with van der Waals surface area (Å²) in [7, 11) is 0. The molecule has 0 aliphatic rings. The zero-order valence-corrected chi connectivity index (χ0v) is 8.16. The summed E-state index contributed by atoms with van der Waals surface area (Å²) >= 11 is 0. The minimum absolute atomic E-state index is 0.135. The van der Waals surface area contributed by atoms with Crippen molar-refractivity contribution in [2.45, 2.75) is 33.6 Å². The molecule has 0 saturated carbocycles. The van der Waals surface area contributed by atoms with E-state index >= 15 is 0 Å². The summed E-state index contributed by atoms with van der Waals surface area (Å²) in [6.07, 6.45) is 0.957. The molecule has 0 aliphatic carbocycles. The van der Waals surface area contributed by atoms with E-state index < -0.39 is 0 Å². The molecule has 0 amide bonds. The highest BCUT2D eigenvalue weighted by Gasteiger charge is 2.16. The van der Waals surface area contributed by atoms with E-state index in [2.05, 4.69) is 30.9 Å². The Morgan fingerprint density at radius 1 is 1.46 bits per heavy atom. The molecule has 1 rings (SSSR count). The quantitative estimate of drug-likeness (QED) is 0.693. The van der Waals surface area contributed by atoms with Crippen LogP contribution in [0.5, 0.6) is 0 Å². The first-order valence-corrected chi connectivity index (χ1v) is 4.20. The van der Waals surface area contributed by atoms with Crippen molar-refractivity contribution >= 4 is 0 Å². The van der Waals surface area contributed by atoms with Crippen molar-refractivity contribution in [2.75, 3.05) is 0 Å². The van der Waals surface area contributed by atoms with Crippen LogP contribution in [0.1, 0.15) is 32.5 Å². The van der Waals surface area contributed by atoms with Crippen molar-refractivity contribution < 1.29 is 4.52 Å². The van der Waals surface area contributed by atoms with Crippen LogP contribution in [-0.2, 0) is 12.8 Å². The van der Waals surface area contributed by atoms with Crippen LogP contribution in [0.25, 0.3) is 0 Å². The van der Waals surface area contributed by atoms with E-state index in [1.54, 1.807) is 0 Å². The van der Waals surface area contributed by atoms with Gasteiger partial charge >= 0.3 is 0 Å². The zero-order chi connectivity index (χ0) is 9.90. The molecule has 0 saturated heterocycles. The molecule has 0 bridgehead atoms. The van der Waals surface area contributed by atoms with Crippen molar-refractivity contribution in [3.8, 4) is 6.07 Å². The first kappa shape index (κ1) is 9.72. The fraction of sp³-hybridized carbons (Fsp3) is 0.667. The maximum atomic E-state index is 8.39. The van der Waals surface area contributed by atoms with Gasteiger partial charge in [-0.2, -0.15) is 10.2 Å². The van der Waals surface area contributed by atoms with Gasteiger partial charge in [0.05, 0.1) is 12.5 Å². The van der Waals surface area contributed by atoms with Crippen LogP contribution in [0.4, 0.5) is 0 Å². The molecule has 0 radical (unpaired) electrons. The molecule has 0 aromatic carbocycles. The third-order valence-corrected chi connectivity index (χ3v) is 1.43. The standard InChI is InChI=1S/C9H13N3O/c1-9(2,3)6-8-11-7(4-5-10)12-13-8/h4,6H2,1-3H3. The predicted octanol–water partition coefficient (Wildman–Crippen LogP) is 1.72. The molecule has 4 nitrogen and oxygen atoms in total. The molecule has 1 aromatic rings. The summed E-state index contributed by atoms with van der Waals surface area (Å²) in [5, 5.41) is 12.1. The molecule has 4 heteroatoms. The summed E-state index contributed by atoms with van der Waals surface area (Å²) in [6, 6.07) is 1.98. The van der Waals surface area contributed by atoms with Gasteiger partial charge in [0.15, 0.2) is 5.82 Å². The van der Waals surface area contributed by atoms with Crippen LogP contribution < -0.4 is 0 Å². The first-order valence-electron chi connectivity index (χ1n) is 4.20. The molecule has 1 heterocycles. The normalized spacial score (nSPS) is 11.2. The minimum atomic E-state index is 0.135. The first-order chi connectivity index (χ1) is 6.01. The largest absolute Gasteiger partial charge is 0.339 e. The Balaban J connectivity index is 2.65. The van der Waals surface area contributed by atoms with Crippen molar-refractivity contribution in [2.24, 2.45) is 5.41 Å². The van der Waals surface area contributed by atoms with Gasteiger partial charge in [-0.05, 0) is 5.41 Å². The van der Waals surface area contributed by atoms with Crippen LogP contribution in [0.2, 0.25) is 0 Å². The maximum absolute atomic E-state index is 8.39. The molecule has 70 valence electrons.